The van der Waals surface area contributed by atoms with Gasteiger partial charge in [-0.05, 0) is 37.9 Å². The van der Waals surface area contributed by atoms with Gasteiger partial charge in [0, 0.05) is 26.2 Å². The molecule has 22 heavy (non-hydrogen) atoms. The van der Waals surface area contributed by atoms with E-state index in [1.807, 2.05) is 13.1 Å². The van der Waals surface area contributed by atoms with Gasteiger partial charge in [-0.2, -0.15) is 0 Å². The molecular formula is C17H29IN4. The zero-order valence-corrected chi connectivity index (χ0v) is 16.0. The Kier molecular flexibility index (Phi) is 9.47. The molecule has 0 aliphatic carbocycles. The predicted molar refractivity (Wildman–Crippen MR) is 105 cm³/mol. The standard InChI is InChI=1S/C17H28N4.HI/c1-3-16(21-11-7-8-12-21)14-20-17(18-2)19-13-15-9-5-4-6-10-15;/h4-6,9-10,16H,3,7-8,11-14H2,1-2H3,(H2,18,19,20);1H. The molecule has 0 radical (unpaired) electrons. The van der Waals surface area contributed by atoms with E-state index >= 15 is 0 Å². The van der Waals surface area contributed by atoms with E-state index in [2.05, 4.69) is 51.7 Å². The highest BCUT2D eigenvalue weighted by molar-refractivity contribution is 14.0. The average molecular weight is 416 g/mol. The molecule has 0 amide bonds. The lowest BCUT2D eigenvalue weighted by atomic mass is 10.2. The third-order valence-electron chi connectivity index (χ3n) is 4.16. The largest absolute Gasteiger partial charge is 0.355 e. The van der Waals surface area contributed by atoms with Gasteiger partial charge in [-0.1, -0.05) is 37.3 Å². The van der Waals surface area contributed by atoms with Gasteiger partial charge in [-0.3, -0.25) is 9.89 Å². The number of aliphatic imine (C=N–C) groups is 1. The summed E-state index contributed by atoms with van der Waals surface area (Å²) in [7, 11) is 1.83. The highest BCUT2D eigenvalue weighted by Gasteiger charge is 2.20. The number of benzene rings is 1. The Morgan fingerprint density at radius 2 is 1.86 bits per heavy atom. The summed E-state index contributed by atoms with van der Waals surface area (Å²) in [6.45, 7) is 6.53. The molecule has 1 atom stereocenters. The highest BCUT2D eigenvalue weighted by atomic mass is 127. The number of likely N-dealkylation sites (tertiary alicyclic amines) is 1. The van der Waals surface area contributed by atoms with E-state index in [0.717, 1.165) is 19.0 Å². The third kappa shape index (κ3) is 6.12. The summed E-state index contributed by atoms with van der Waals surface area (Å²) in [5.74, 6) is 0.886. The quantitative estimate of drug-likeness (QED) is 0.426. The number of hydrogen-bond donors (Lipinski definition) is 2. The van der Waals surface area contributed by atoms with Crippen LogP contribution in [0.25, 0.3) is 0 Å². The Morgan fingerprint density at radius 1 is 1.18 bits per heavy atom. The summed E-state index contributed by atoms with van der Waals surface area (Å²) in [5.41, 5.74) is 1.27. The van der Waals surface area contributed by atoms with Crippen LogP contribution in [-0.2, 0) is 6.54 Å². The molecule has 1 aromatic carbocycles. The minimum Gasteiger partial charge on any atom is -0.355 e. The minimum atomic E-state index is 0. The van der Waals surface area contributed by atoms with Crippen molar-refractivity contribution >= 4 is 29.9 Å². The lowest BCUT2D eigenvalue weighted by Gasteiger charge is -2.27. The van der Waals surface area contributed by atoms with Crippen molar-refractivity contribution in [2.75, 3.05) is 26.7 Å². The summed E-state index contributed by atoms with van der Waals surface area (Å²) < 4.78 is 0. The van der Waals surface area contributed by atoms with Crippen molar-refractivity contribution in [1.82, 2.24) is 15.5 Å². The van der Waals surface area contributed by atoms with Crippen LogP contribution in [-0.4, -0.2) is 43.6 Å². The lowest BCUT2D eigenvalue weighted by molar-refractivity contribution is 0.236. The first-order chi connectivity index (χ1) is 10.3. The molecule has 0 aromatic heterocycles. The molecule has 0 spiro atoms. The van der Waals surface area contributed by atoms with Crippen LogP contribution >= 0.6 is 24.0 Å². The number of hydrogen-bond acceptors (Lipinski definition) is 2. The summed E-state index contributed by atoms with van der Waals surface area (Å²) in [4.78, 5) is 6.91. The maximum Gasteiger partial charge on any atom is 0.191 e. The van der Waals surface area contributed by atoms with E-state index < -0.39 is 0 Å². The van der Waals surface area contributed by atoms with Gasteiger partial charge in [0.2, 0.25) is 0 Å². The van der Waals surface area contributed by atoms with Crippen molar-refractivity contribution in [3.8, 4) is 0 Å². The monoisotopic (exact) mass is 416 g/mol. The van der Waals surface area contributed by atoms with Crippen molar-refractivity contribution in [3.63, 3.8) is 0 Å². The van der Waals surface area contributed by atoms with Crippen LogP contribution in [0.3, 0.4) is 0 Å². The van der Waals surface area contributed by atoms with Crippen LogP contribution in [0.2, 0.25) is 0 Å². The molecular weight excluding hydrogens is 387 g/mol. The van der Waals surface area contributed by atoms with E-state index in [1.165, 1.54) is 37.9 Å². The number of nitrogens with zero attached hydrogens (tertiary/aromatic N) is 2. The number of guanidine groups is 1. The first kappa shape index (κ1) is 19.2. The second-order valence-corrected chi connectivity index (χ2v) is 5.60. The maximum atomic E-state index is 4.31. The Balaban J connectivity index is 0.00000242. The van der Waals surface area contributed by atoms with Gasteiger partial charge >= 0.3 is 0 Å². The van der Waals surface area contributed by atoms with Crippen LogP contribution in [0.5, 0.6) is 0 Å². The molecule has 1 heterocycles. The molecule has 1 aliphatic rings. The molecule has 1 aromatic rings. The molecule has 2 rings (SSSR count). The molecule has 124 valence electrons. The van der Waals surface area contributed by atoms with Crippen molar-refractivity contribution in [2.24, 2.45) is 4.99 Å². The van der Waals surface area contributed by atoms with E-state index in [0.29, 0.717) is 6.04 Å². The average Bonchev–Trinajstić information content (AvgIpc) is 3.06. The molecule has 5 heteroatoms. The Morgan fingerprint density at radius 3 is 2.45 bits per heavy atom. The number of halogens is 1. The summed E-state index contributed by atoms with van der Waals surface area (Å²) in [6, 6.07) is 11.0. The molecule has 1 fully saturated rings. The second-order valence-electron chi connectivity index (χ2n) is 5.60. The molecule has 1 saturated heterocycles. The van der Waals surface area contributed by atoms with Gasteiger partial charge in [0.15, 0.2) is 5.96 Å². The lowest BCUT2D eigenvalue weighted by Crippen LogP contribution is -2.46. The molecule has 0 saturated carbocycles. The fourth-order valence-electron chi connectivity index (χ4n) is 2.86. The zero-order chi connectivity index (χ0) is 14.9. The van der Waals surface area contributed by atoms with Crippen molar-refractivity contribution in [3.05, 3.63) is 35.9 Å². The predicted octanol–water partition coefficient (Wildman–Crippen LogP) is 2.84. The zero-order valence-electron chi connectivity index (χ0n) is 13.7. The number of rotatable bonds is 6. The Hall–Kier alpha value is -0.820. The molecule has 4 nitrogen and oxygen atoms in total. The fraction of sp³-hybridized carbons (Fsp3) is 0.588. The van der Waals surface area contributed by atoms with Crippen LogP contribution in [0, 0.1) is 0 Å². The first-order valence-electron chi connectivity index (χ1n) is 8.06. The van der Waals surface area contributed by atoms with Crippen LogP contribution in [0.15, 0.2) is 35.3 Å². The van der Waals surface area contributed by atoms with Gasteiger partial charge in [-0.25, -0.2) is 0 Å². The summed E-state index contributed by atoms with van der Waals surface area (Å²) in [6.07, 6.45) is 3.87. The van der Waals surface area contributed by atoms with Gasteiger partial charge in [-0.15, -0.1) is 24.0 Å². The molecule has 1 aliphatic heterocycles. The van der Waals surface area contributed by atoms with Gasteiger partial charge in [0.25, 0.3) is 0 Å². The Bertz CT molecular complexity index is 430. The first-order valence-corrected chi connectivity index (χ1v) is 8.06. The molecule has 1 unspecified atom stereocenters. The smallest absolute Gasteiger partial charge is 0.191 e. The second kappa shape index (κ2) is 10.8. The van der Waals surface area contributed by atoms with E-state index in [9.17, 15) is 0 Å². The van der Waals surface area contributed by atoms with E-state index in [-0.39, 0.29) is 24.0 Å². The van der Waals surface area contributed by atoms with E-state index in [4.69, 9.17) is 0 Å². The Labute approximate surface area is 151 Å². The summed E-state index contributed by atoms with van der Waals surface area (Å²) in [5, 5.41) is 6.84. The minimum absolute atomic E-state index is 0. The van der Waals surface area contributed by atoms with Crippen LogP contribution < -0.4 is 10.6 Å². The third-order valence-corrected chi connectivity index (χ3v) is 4.16. The van der Waals surface area contributed by atoms with Crippen LogP contribution in [0.1, 0.15) is 31.7 Å². The van der Waals surface area contributed by atoms with Crippen molar-refractivity contribution < 1.29 is 0 Å². The number of nitrogens with one attached hydrogen (secondary N) is 2. The van der Waals surface area contributed by atoms with Crippen LogP contribution in [0.4, 0.5) is 0 Å². The SMILES string of the molecule is CCC(CNC(=NC)NCc1ccccc1)N1CCCC1.I. The maximum absolute atomic E-state index is 4.31. The highest BCUT2D eigenvalue weighted by Crippen LogP contribution is 2.13. The summed E-state index contributed by atoms with van der Waals surface area (Å²) >= 11 is 0. The normalized spacial score (nSPS) is 16.9. The molecule has 0 bridgehead atoms. The fourth-order valence-corrected chi connectivity index (χ4v) is 2.86. The molecule has 2 N–H and O–H groups in total. The van der Waals surface area contributed by atoms with Gasteiger partial charge < -0.3 is 10.6 Å². The topological polar surface area (TPSA) is 39.7 Å². The van der Waals surface area contributed by atoms with Gasteiger partial charge in [0.05, 0.1) is 0 Å². The van der Waals surface area contributed by atoms with E-state index in [1.54, 1.807) is 0 Å². The van der Waals surface area contributed by atoms with Crippen molar-refractivity contribution in [1.29, 1.82) is 0 Å². The van der Waals surface area contributed by atoms with Crippen molar-refractivity contribution in [2.45, 2.75) is 38.8 Å². The van der Waals surface area contributed by atoms with Gasteiger partial charge in [0.1, 0.15) is 0 Å².